The Balaban J connectivity index is 1.90. The molecule has 0 radical (unpaired) electrons. The third kappa shape index (κ3) is 3.02. The van der Waals surface area contributed by atoms with E-state index in [2.05, 4.69) is 38.3 Å². The van der Waals surface area contributed by atoms with Crippen LogP contribution < -0.4 is 5.32 Å². The van der Waals surface area contributed by atoms with Crippen LogP contribution in [0.1, 0.15) is 37.3 Å². The topological polar surface area (TPSA) is 35.5 Å². The molecule has 3 nitrogen and oxygen atoms in total. The quantitative estimate of drug-likeness (QED) is 0.887. The fourth-order valence-electron chi connectivity index (χ4n) is 3.75. The molecule has 2 N–H and O–H groups in total. The summed E-state index contributed by atoms with van der Waals surface area (Å²) in [6.45, 7) is 4.27. The SMILES string of the molecule is Oc1cc(Br)ccc1[C@@H](C1CCCC1)N1CCNCC1. The standard InChI is InChI=1S/C16H23BrN2O/c17-13-5-6-14(15(20)11-13)16(12-3-1-2-4-12)19-9-7-18-8-10-19/h5-6,11-12,16,18,20H,1-4,7-10H2/t16-/m1/s1. The number of nitrogens with zero attached hydrogens (tertiary/aromatic N) is 1. The number of benzene rings is 1. The number of phenolic OH excluding ortho intramolecular Hbond substituents is 1. The van der Waals surface area contributed by atoms with Gasteiger partial charge in [0.15, 0.2) is 0 Å². The van der Waals surface area contributed by atoms with Crippen molar-refractivity contribution in [1.82, 2.24) is 10.2 Å². The number of nitrogens with one attached hydrogen (secondary N) is 1. The van der Waals surface area contributed by atoms with Crippen molar-refractivity contribution in [2.45, 2.75) is 31.7 Å². The highest BCUT2D eigenvalue weighted by molar-refractivity contribution is 9.10. The summed E-state index contributed by atoms with van der Waals surface area (Å²) in [6, 6.07) is 6.37. The predicted molar refractivity (Wildman–Crippen MR) is 84.9 cm³/mol. The van der Waals surface area contributed by atoms with Gasteiger partial charge in [0, 0.05) is 42.3 Å². The van der Waals surface area contributed by atoms with Gasteiger partial charge in [0.05, 0.1) is 0 Å². The molecule has 1 aliphatic heterocycles. The summed E-state index contributed by atoms with van der Waals surface area (Å²) in [7, 11) is 0. The van der Waals surface area contributed by atoms with Crippen molar-refractivity contribution in [1.29, 1.82) is 0 Å². The van der Waals surface area contributed by atoms with Crippen LogP contribution in [-0.2, 0) is 0 Å². The first-order valence-electron chi connectivity index (χ1n) is 7.69. The van der Waals surface area contributed by atoms with Crippen molar-refractivity contribution >= 4 is 15.9 Å². The third-order valence-corrected chi connectivity index (χ3v) is 5.20. The largest absolute Gasteiger partial charge is 0.508 e. The van der Waals surface area contributed by atoms with E-state index < -0.39 is 0 Å². The van der Waals surface area contributed by atoms with Gasteiger partial charge in [-0.2, -0.15) is 0 Å². The Morgan fingerprint density at radius 3 is 2.55 bits per heavy atom. The molecule has 1 heterocycles. The Hall–Kier alpha value is -0.580. The van der Waals surface area contributed by atoms with Crippen LogP contribution in [0.4, 0.5) is 0 Å². The second kappa shape index (κ2) is 6.46. The van der Waals surface area contributed by atoms with Gasteiger partial charge in [-0.05, 0) is 30.9 Å². The maximum absolute atomic E-state index is 10.4. The highest BCUT2D eigenvalue weighted by Gasteiger charge is 2.33. The summed E-state index contributed by atoms with van der Waals surface area (Å²) < 4.78 is 0.948. The molecule has 20 heavy (non-hydrogen) atoms. The minimum atomic E-state index is 0.382. The highest BCUT2D eigenvalue weighted by atomic mass is 79.9. The number of halogens is 1. The third-order valence-electron chi connectivity index (χ3n) is 4.70. The van der Waals surface area contributed by atoms with Crippen molar-refractivity contribution in [2.24, 2.45) is 5.92 Å². The monoisotopic (exact) mass is 338 g/mol. The number of aromatic hydroxyl groups is 1. The van der Waals surface area contributed by atoms with Gasteiger partial charge in [0.1, 0.15) is 5.75 Å². The minimum absolute atomic E-state index is 0.382. The molecule has 0 aromatic heterocycles. The second-order valence-electron chi connectivity index (χ2n) is 5.98. The Bertz CT molecular complexity index is 454. The van der Waals surface area contributed by atoms with Crippen molar-refractivity contribution in [3.63, 3.8) is 0 Å². The van der Waals surface area contributed by atoms with E-state index in [9.17, 15) is 5.11 Å². The summed E-state index contributed by atoms with van der Waals surface area (Å²) in [5.41, 5.74) is 1.11. The normalized spacial score (nSPS) is 23.1. The van der Waals surface area contributed by atoms with Gasteiger partial charge in [0.2, 0.25) is 0 Å². The van der Waals surface area contributed by atoms with Crippen molar-refractivity contribution in [3.8, 4) is 5.75 Å². The average Bonchev–Trinajstić information content (AvgIpc) is 2.97. The number of hydrogen-bond acceptors (Lipinski definition) is 3. The van der Waals surface area contributed by atoms with Crippen molar-refractivity contribution in [3.05, 3.63) is 28.2 Å². The van der Waals surface area contributed by atoms with Gasteiger partial charge in [0.25, 0.3) is 0 Å². The van der Waals surface area contributed by atoms with Gasteiger partial charge < -0.3 is 10.4 Å². The van der Waals surface area contributed by atoms with Gasteiger partial charge in [-0.25, -0.2) is 0 Å². The van der Waals surface area contributed by atoms with Crippen LogP contribution in [0.15, 0.2) is 22.7 Å². The Kier molecular flexibility index (Phi) is 4.64. The lowest BCUT2D eigenvalue weighted by atomic mass is 9.89. The van der Waals surface area contributed by atoms with E-state index in [1.54, 1.807) is 0 Å². The molecule has 0 unspecified atom stereocenters. The molecule has 0 amide bonds. The van der Waals surface area contributed by atoms with Gasteiger partial charge in [-0.1, -0.05) is 34.8 Å². The van der Waals surface area contributed by atoms with Crippen LogP contribution in [0, 0.1) is 5.92 Å². The van der Waals surface area contributed by atoms with Gasteiger partial charge >= 0.3 is 0 Å². The number of hydrogen-bond donors (Lipinski definition) is 2. The van der Waals surface area contributed by atoms with Gasteiger partial charge in [-0.3, -0.25) is 4.90 Å². The van der Waals surface area contributed by atoms with Crippen LogP contribution >= 0.6 is 15.9 Å². The van der Waals surface area contributed by atoms with Crippen LogP contribution in [0.2, 0.25) is 0 Å². The molecular weight excluding hydrogens is 316 g/mol. The molecule has 1 atom stereocenters. The molecule has 1 aromatic carbocycles. The number of phenols is 1. The fraction of sp³-hybridized carbons (Fsp3) is 0.625. The average molecular weight is 339 g/mol. The second-order valence-corrected chi connectivity index (χ2v) is 6.89. The molecule has 0 spiro atoms. The predicted octanol–water partition coefficient (Wildman–Crippen LogP) is 3.29. The minimum Gasteiger partial charge on any atom is -0.508 e. The highest BCUT2D eigenvalue weighted by Crippen LogP contribution is 2.42. The zero-order valence-electron chi connectivity index (χ0n) is 11.8. The van der Waals surface area contributed by atoms with Crippen LogP contribution in [0.3, 0.4) is 0 Å². The lowest BCUT2D eigenvalue weighted by Gasteiger charge is -2.39. The fourth-order valence-corrected chi connectivity index (χ4v) is 4.10. The molecule has 4 heteroatoms. The molecular formula is C16H23BrN2O. The first-order chi connectivity index (χ1) is 9.75. The maximum Gasteiger partial charge on any atom is 0.121 e. The van der Waals surface area contributed by atoms with Crippen molar-refractivity contribution < 1.29 is 5.11 Å². The summed E-state index contributed by atoms with van der Waals surface area (Å²) >= 11 is 3.44. The van der Waals surface area contributed by atoms with E-state index in [1.165, 1.54) is 25.7 Å². The van der Waals surface area contributed by atoms with Crippen molar-refractivity contribution in [2.75, 3.05) is 26.2 Å². The smallest absolute Gasteiger partial charge is 0.121 e. The Morgan fingerprint density at radius 2 is 1.90 bits per heavy atom. The van der Waals surface area contributed by atoms with Crippen LogP contribution in [-0.4, -0.2) is 36.2 Å². The lowest BCUT2D eigenvalue weighted by molar-refractivity contribution is 0.123. The van der Waals surface area contributed by atoms with Gasteiger partial charge in [-0.15, -0.1) is 0 Å². The number of piperazine rings is 1. The number of rotatable bonds is 3. The zero-order valence-corrected chi connectivity index (χ0v) is 13.4. The molecule has 1 aliphatic carbocycles. The molecule has 2 aliphatic rings. The van der Waals surface area contributed by atoms with E-state index in [0.29, 0.717) is 17.7 Å². The molecule has 110 valence electrons. The summed E-state index contributed by atoms with van der Waals surface area (Å²) in [6.07, 6.45) is 5.27. The molecule has 1 saturated carbocycles. The molecule has 1 aromatic rings. The first-order valence-corrected chi connectivity index (χ1v) is 8.48. The summed E-state index contributed by atoms with van der Waals surface area (Å²) in [4.78, 5) is 2.56. The molecule has 2 fully saturated rings. The summed E-state index contributed by atoms with van der Waals surface area (Å²) in [5, 5.41) is 13.8. The molecule has 0 bridgehead atoms. The first kappa shape index (κ1) is 14.4. The molecule has 3 rings (SSSR count). The van der Waals surface area contributed by atoms with E-state index >= 15 is 0 Å². The zero-order chi connectivity index (χ0) is 13.9. The van der Waals surface area contributed by atoms with Crippen LogP contribution in [0.25, 0.3) is 0 Å². The Morgan fingerprint density at radius 1 is 1.20 bits per heavy atom. The van der Waals surface area contributed by atoms with E-state index in [4.69, 9.17) is 0 Å². The van der Waals surface area contributed by atoms with Crippen LogP contribution in [0.5, 0.6) is 5.75 Å². The van der Waals surface area contributed by atoms with E-state index in [-0.39, 0.29) is 0 Å². The van der Waals surface area contributed by atoms with E-state index in [0.717, 1.165) is 36.2 Å². The Labute approximate surface area is 129 Å². The van der Waals surface area contributed by atoms with E-state index in [1.807, 2.05) is 6.07 Å². The summed E-state index contributed by atoms with van der Waals surface area (Å²) in [5.74, 6) is 1.13. The maximum atomic E-state index is 10.4. The lowest BCUT2D eigenvalue weighted by Crippen LogP contribution is -2.46. The molecule has 1 saturated heterocycles.